The summed E-state index contributed by atoms with van der Waals surface area (Å²) in [6.07, 6.45) is 0.843. The van der Waals surface area contributed by atoms with Crippen molar-refractivity contribution in [3.05, 3.63) is 53.1 Å². The summed E-state index contributed by atoms with van der Waals surface area (Å²) in [5.74, 6) is 1.54. The molecule has 2 amide bonds. The molecule has 0 unspecified atom stereocenters. The lowest BCUT2D eigenvalue weighted by Crippen LogP contribution is -2.40. The monoisotopic (exact) mass is 480 g/mol. The average molecular weight is 481 g/mol. The van der Waals surface area contributed by atoms with E-state index in [0.717, 1.165) is 11.1 Å². The highest BCUT2D eigenvalue weighted by Crippen LogP contribution is 2.33. The summed E-state index contributed by atoms with van der Waals surface area (Å²) in [6, 6.07) is 11.1. The van der Waals surface area contributed by atoms with Gasteiger partial charge in [-0.1, -0.05) is 33.8 Å². The molecule has 35 heavy (non-hydrogen) atoms. The Morgan fingerprint density at radius 1 is 1.11 bits per heavy atom. The quantitative estimate of drug-likeness (QED) is 0.473. The number of ether oxygens (including phenoxy) is 2. The second-order valence-electron chi connectivity index (χ2n) is 9.76. The number of hydrogen-bond donors (Lipinski definition) is 1. The first-order valence-electron chi connectivity index (χ1n) is 12.3. The van der Waals surface area contributed by atoms with Crippen molar-refractivity contribution in [1.82, 2.24) is 5.32 Å². The lowest BCUT2D eigenvalue weighted by atomic mass is 10.0. The van der Waals surface area contributed by atoms with Crippen molar-refractivity contribution in [3.63, 3.8) is 0 Å². The maximum absolute atomic E-state index is 12.9. The average Bonchev–Trinajstić information content (AvgIpc) is 2.81. The van der Waals surface area contributed by atoms with Gasteiger partial charge in [0.1, 0.15) is 11.5 Å². The molecule has 0 saturated heterocycles. The maximum atomic E-state index is 12.9. The Balaban J connectivity index is 1.66. The number of nitrogens with zero attached hydrogens (tertiary/aromatic N) is 1. The predicted molar refractivity (Wildman–Crippen MR) is 136 cm³/mol. The third-order valence-electron chi connectivity index (χ3n) is 5.83. The SMILES string of the molecule is Cc1cc(OCC(=O)c2ccc3c(c2)N(CCCC(=O)NCC(C)C)C(=O)CO3)cc(C(C)C)c1. The minimum Gasteiger partial charge on any atom is -0.485 e. The van der Waals surface area contributed by atoms with Crippen molar-refractivity contribution < 1.29 is 23.9 Å². The Hall–Kier alpha value is -3.35. The lowest BCUT2D eigenvalue weighted by Gasteiger charge is -2.29. The smallest absolute Gasteiger partial charge is 0.265 e. The van der Waals surface area contributed by atoms with Crippen LogP contribution in [0.5, 0.6) is 11.5 Å². The molecule has 0 saturated carbocycles. The Kier molecular flexibility index (Phi) is 8.90. The number of anilines is 1. The zero-order chi connectivity index (χ0) is 25.5. The number of Topliss-reactive ketones (excluding diaryl/α,β-unsaturated/α-hetero) is 1. The molecule has 0 aliphatic carbocycles. The molecule has 188 valence electrons. The van der Waals surface area contributed by atoms with Crippen LogP contribution in [0.1, 0.15) is 67.9 Å². The van der Waals surface area contributed by atoms with E-state index in [0.29, 0.717) is 60.5 Å². The highest BCUT2D eigenvalue weighted by molar-refractivity contribution is 6.02. The molecular weight excluding hydrogens is 444 g/mol. The molecule has 0 bridgehead atoms. The van der Waals surface area contributed by atoms with Gasteiger partial charge < -0.3 is 19.7 Å². The number of fused-ring (bicyclic) bond motifs is 1. The fourth-order valence-electron chi connectivity index (χ4n) is 3.85. The fraction of sp³-hybridized carbons (Fsp3) is 0.464. The van der Waals surface area contributed by atoms with Crippen molar-refractivity contribution >= 4 is 23.3 Å². The van der Waals surface area contributed by atoms with Crippen LogP contribution >= 0.6 is 0 Å². The van der Waals surface area contributed by atoms with Gasteiger partial charge in [0, 0.05) is 25.1 Å². The van der Waals surface area contributed by atoms with E-state index >= 15 is 0 Å². The topological polar surface area (TPSA) is 84.9 Å². The zero-order valence-corrected chi connectivity index (χ0v) is 21.3. The van der Waals surface area contributed by atoms with Crippen LogP contribution in [0.15, 0.2) is 36.4 Å². The minimum absolute atomic E-state index is 0.0301. The third kappa shape index (κ3) is 7.31. The van der Waals surface area contributed by atoms with Gasteiger partial charge in [0.2, 0.25) is 5.91 Å². The molecule has 0 atom stereocenters. The first-order chi connectivity index (χ1) is 16.6. The number of rotatable bonds is 11. The first kappa shape index (κ1) is 26.3. The van der Waals surface area contributed by atoms with E-state index in [1.807, 2.05) is 32.9 Å². The molecule has 2 aromatic carbocycles. The molecule has 0 spiro atoms. The standard InChI is InChI=1S/C28H36N2O5/c1-18(2)15-29-27(32)7-6-10-30-24-14-21(8-9-26(24)35-17-28(30)33)25(31)16-34-23-12-20(5)11-22(13-23)19(3)4/h8-9,11-14,18-19H,6-7,10,15-17H2,1-5H3,(H,29,32). The number of aryl methyl sites for hydroxylation is 1. The van der Waals surface area contributed by atoms with Crippen LogP contribution < -0.4 is 19.7 Å². The van der Waals surface area contributed by atoms with Crippen LogP contribution in [-0.4, -0.2) is 43.9 Å². The first-order valence-corrected chi connectivity index (χ1v) is 12.3. The zero-order valence-electron chi connectivity index (χ0n) is 21.3. The third-order valence-corrected chi connectivity index (χ3v) is 5.83. The number of hydrogen-bond acceptors (Lipinski definition) is 5. The summed E-state index contributed by atoms with van der Waals surface area (Å²) >= 11 is 0. The molecular formula is C28H36N2O5. The highest BCUT2D eigenvalue weighted by atomic mass is 16.5. The molecule has 2 aromatic rings. The normalized spacial score (nSPS) is 13.0. The van der Waals surface area contributed by atoms with Crippen LogP contribution in [-0.2, 0) is 9.59 Å². The van der Waals surface area contributed by atoms with Gasteiger partial charge in [-0.25, -0.2) is 0 Å². The molecule has 1 N–H and O–H groups in total. The minimum atomic E-state index is -0.193. The molecule has 7 heteroatoms. The Morgan fingerprint density at radius 3 is 2.60 bits per heavy atom. The van der Waals surface area contributed by atoms with E-state index in [9.17, 15) is 14.4 Å². The van der Waals surface area contributed by atoms with Crippen molar-refractivity contribution in [1.29, 1.82) is 0 Å². The van der Waals surface area contributed by atoms with Crippen molar-refractivity contribution in [2.24, 2.45) is 5.92 Å². The van der Waals surface area contributed by atoms with Gasteiger partial charge >= 0.3 is 0 Å². The predicted octanol–water partition coefficient (Wildman–Crippen LogP) is 4.66. The molecule has 0 aromatic heterocycles. The van der Waals surface area contributed by atoms with Crippen LogP contribution in [0, 0.1) is 12.8 Å². The summed E-state index contributed by atoms with van der Waals surface area (Å²) < 4.78 is 11.4. The number of nitrogens with one attached hydrogen (secondary N) is 1. The summed E-state index contributed by atoms with van der Waals surface area (Å²) in [6.45, 7) is 11.2. The second-order valence-corrected chi connectivity index (χ2v) is 9.76. The number of ketones is 1. The van der Waals surface area contributed by atoms with Crippen LogP contribution in [0.4, 0.5) is 5.69 Å². The molecule has 1 aliphatic heterocycles. The van der Waals surface area contributed by atoms with Gasteiger partial charge in [-0.3, -0.25) is 14.4 Å². The molecule has 3 rings (SSSR count). The highest BCUT2D eigenvalue weighted by Gasteiger charge is 2.26. The van der Waals surface area contributed by atoms with E-state index in [4.69, 9.17) is 9.47 Å². The van der Waals surface area contributed by atoms with Gasteiger partial charge in [-0.05, 0) is 66.6 Å². The van der Waals surface area contributed by atoms with Crippen LogP contribution in [0.2, 0.25) is 0 Å². The molecule has 0 radical (unpaired) electrons. The van der Waals surface area contributed by atoms with Crippen molar-refractivity contribution in [2.75, 3.05) is 31.2 Å². The van der Waals surface area contributed by atoms with E-state index in [2.05, 4.69) is 25.2 Å². The summed E-state index contributed by atoms with van der Waals surface area (Å²) in [5, 5.41) is 2.89. The van der Waals surface area contributed by atoms with Gasteiger partial charge in [-0.15, -0.1) is 0 Å². The van der Waals surface area contributed by atoms with E-state index < -0.39 is 0 Å². The molecule has 1 aliphatic rings. The number of benzene rings is 2. The maximum Gasteiger partial charge on any atom is 0.265 e. The molecule has 0 fully saturated rings. The second kappa shape index (κ2) is 11.9. The van der Waals surface area contributed by atoms with Gasteiger partial charge in [-0.2, -0.15) is 0 Å². The van der Waals surface area contributed by atoms with Crippen molar-refractivity contribution in [2.45, 2.75) is 53.4 Å². The van der Waals surface area contributed by atoms with E-state index in [-0.39, 0.29) is 30.8 Å². The van der Waals surface area contributed by atoms with E-state index in [1.165, 1.54) is 0 Å². The van der Waals surface area contributed by atoms with Crippen LogP contribution in [0.3, 0.4) is 0 Å². The van der Waals surface area contributed by atoms with Gasteiger partial charge in [0.25, 0.3) is 5.91 Å². The number of carbonyl (C=O) groups excluding carboxylic acids is 3. The van der Waals surface area contributed by atoms with Crippen LogP contribution in [0.25, 0.3) is 0 Å². The molecule has 7 nitrogen and oxygen atoms in total. The number of amides is 2. The fourth-order valence-corrected chi connectivity index (χ4v) is 3.85. The summed E-state index contributed by atoms with van der Waals surface area (Å²) in [7, 11) is 0. The Bertz CT molecular complexity index is 1080. The Labute approximate surface area is 207 Å². The Morgan fingerprint density at radius 2 is 1.89 bits per heavy atom. The summed E-state index contributed by atoms with van der Waals surface area (Å²) in [5.41, 5.74) is 3.23. The number of carbonyl (C=O) groups is 3. The van der Waals surface area contributed by atoms with Crippen molar-refractivity contribution in [3.8, 4) is 11.5 Å². The van der Waals surface area contributed by atoms with Gasteiger partial charge in [0.15, 0.2) is 19.0 Å². The molecule has 1 heterocycles. The van der Waals surface area contributed by atoms with E-state index in [1.54, 1.807) is 23.1 Å². The van der Waals surface area contributed by atoms with Gasteiger partial charge in [0.05, 0.1) is 5.69 Å². The lowest BCUT2D eigenvalue weighted by molar-refractivity contribution is -0.122. The summed E-state index contributed by atoms with van der Waals surface area (Å²) in [4.78, 5) is 39.1. The largest absolute Gasteiger partial charge is 0.485 e.